The first-order valence-electron chi connectivity index (χ1n) is 4.84. The van der Waals surface area contributed by atoms with Crippen LogP contribution in [0.25, 0.3) is 0 Å². The van der Waals surface area contributed by atoms with Gasteiger partial charge in [0.15, 0.2) is 0 Å². The Kier molecular flexibility index (Phi) is 2.83. The molecule has 2 aromatic rings. The van der Waals surface area contributed by atoms with Crippen molar-refractivity contribution in [3.05, 3.63) is 54.2 Å². The SMILES string of the molecule is Nc1ccccc1CNc1ccccn1. The lowest BCUT2D eigenvalue weighted by atomic mass is 10.2. The molecular weight excluding hydrogens is 186 g/mol. The summed E-state index contributed by atoms with van der Waals surface area (Å²) in [4.78, 5) is 4.17. The summed E-state index contributed by atoms with van der Waals surface area (Å²) in [7, 11) is 0. The molecule has 0 unspecified atom stereocenters. The number of nitrogens with zero attached hydrogens (tertiary/aromatic N) is 1. The highest BCUT2D eigenvalue weighted by Gasteiger charge is 1.97. The summed E-state index contributed by atoms with van der Waals surface area (Å²) in [6, 6.07) is 13.6. The predicted octanol–water partition coefficient (Wildman–Crippen LogP) is 2.28. The van der Waals surface area contributed by atoms with E-state index < -0.39 is 0 Å². The zero-order valence-corrected chi connectivity index (χ0v) is 8.35. The van der Waals surface area contributed by atoms with Gasteiger partial charge in [0, 0.05) is 18.4 Å². The highest BCUT2D eigenvalue weighted by Crippen LogP contribution is 2.12. The lowest BCUT2D eigenvalue weighted by molar-refractivity contribution is 1.11. The number of nitrogens with two attached hydrogens (primary N) is 1. The Balaban J connectivity index is 2.03. The maximum atomic E-state index is 5.82. The van der Waals surface area contributed by atoms with E-state index in [1.807, 2.05) is 42.5 Å². The van der Waals surface area contributed by atoms with Gasteiger partial charge in [0.1, 0.15) is 5.82 Å². The topological polar surface area (TPSA) is 50.9 Å². The summed E-state index contributed by atoms with van der Waals surface area (Å²) < 4.78 is 0. The molecule has 3 N–H and O–H groups in total. The molecule has 0 atom stereocenters. The molecule has 0 saturated heterocycles. The van der Waals surface area contributed by atoms with Crippen molar-refractivity contribution in [2.45, 2.75) is 6.54 Å². The summed E-state index contributed by atoms with van der Waals surface area (Å²) in [6.07, 6.45) is 1.76. The smallest absolute Gasteiger partial charge is 0.126 e. The molecule has 1 aromatic heterocycles. The van der Waals surface area contributed by atoms with E-state index >= 15 is 0 Å². The molecular formula is C12H13N3. The highest BCUT2D eigenvalue weighted by molar-refractivity contribution is 5.48. The molecule has 0 aliphatic rings. The Labute approximate surface area is 89.0 Å². The second-order valence-corrected chi connectivity index (χ2v) is 3.27. The number of rotatable bonds is 3. The van der Waals surface area contributed by atoms with E-state index in [0.29, 0.717) is 6.54 Å². The molecule has 76 valence electrons. The molecule has 0 fully saturated rings. The number of aromatic nitrogens is 1. The van der Waals surface area contributed by atoms with Crippen LogP contribution in [-0.2, 0) is 6.54 Å². The Morgan fingerprint density at radius 3 is 2.60 bits per heavy atom. The van der Waals surface area contributed by atoms with E-state index in [2.05, 4.69) is 10.3 Å². The fourth-order valence-corrected chi connectivity index (χ4v) is 1.35. The third-order valence-corrected chi connectivity index (χ3v) is 2.18. The number of para-hydroxylation sites is 1. The van der Waals surface area contributed by atoms with Crippen molar-refractivity contribution in [2.75, 3.05) is 11.1 Å². The van der Waals surface area contributed by atoms with Crippen molar-refractivity contribution in [2.24, 2.45) is 0 Å². The molecule has 3 nitrogen and oxygen atoms in total. The number of hydrogen-bond acceptors (Lipinski definition) is 3. The van der Waals surface area contributed by atoms with Crippen LogP contribution in [0.1, 0.15) is 5.56 Å². The van der Waals surface area contributed by atoms with Gasteiger partial charge in [-0.15, -0.1) is 0 Å². The lowest BCUT2D eigenvalue weighted by Crippen LogP contribution is -2.03. The first-order valence-corrected chi connectivity index (χ1v) is 4.84. The molecule has 0 aliphatic heterocycles. The maximum Gasteiger partial charge on any atom is 0.126 e. The van der Waals surface area contributed by atoms with Crippen LogP contribution in [-0.4, -0.2) is 4.98 Å². The Hall–Kier alpha value is -2.03. The van der Waals surface area contributed by atoms with E-state index in [1.165, 1.54) is 0 Å². The molecule has 0 aliphatic carbocycles. The van der Waals surface area contributed by atoms with Gasteiger partial charge in [-0.25, -0.2) is 4.98 Å². The molecule has 0 saturated carbocycles. The van der Waals surface area contributed by atoms with Crippen LogP contribution < -0.4 is 11.1 Å². The van der Waals surface area contributed by atoms with Gasteiger partial charge in [0.25, 0.3) is 0 Å². The van der Waals surface area contributed by atoms with Gasteiger partial charge in [-0.1, -0.05) is 24.3 Å². The molecule has 15 heavy (non-hydrogen) atoms. The first kappa shape index (κ1) is 9.52. The van der Waals surface area contributed by atoms with Crippen LogP contribution in [0.15, 0.2) is 48.7 Å². The normalized spacial score (nSPS) is 9.87. The Morgan fingerprint density at radius 2 is 1.87 bits per heavy atom. The maximum absolute atomic E-state index is 5.82. The third kappa shape index (κ3) is 2.47. The summed E-state index contributed by atoms with van der Waals surface area (Å²) in [5, 5.41) is 3.21. The molecule has 1 heterocycles. The minimum Gasteiger partial charge on any atom is -0.398 e. The molecule has 0 radical (unpaired) electrons. The monoisotopic (exact) mass is 199 g/mol. The van der Waals surface area contributed by atoms with Gasteiger partial charge in [-0.3, -0.25) is 0 Å². The third-order valence-electron chi connectivity index (χ3n) is 2.18. The van der Waals surface area contributed by atoms with Crippen LogP contribution in [0.3, 0.4) is 0 Å². The first-order chi connectivity index (χ1) is 7.36. The van der Waals surface area contributed by atoms with Crippen LogP contribution >= 0.6 is 0 Å². The molecule has 0 spiro atoms. The second-order valence-electron chi connectivity index (χ2n) is 3.27. The fraction of sp³-hybridized carbons (Fsp3) is 0.0833. The Morgan fingerprint density at radius 1 is 1.07 bits per heavy atom. The standard InChI is InChI=1S/C12H13N3/c13-11-6-2-1-5-10(11)9-15-12-7-3-4-8-14-12/h1-8H,9,13H2,(H,14,15). The van der Waals surface area contributed by atoms with Crippen molar-refractivity contribution >= 4 is 11.5 Å². The van der Waals surface area contributed by atoms with Gasteiger partial charge in [-0.2, -0.15) is 0 Å². The van der Waals surface area contributed by atoms with Crippen LogP contribution in [0.4, 0.5) is 11.5 Å². The van der Waals surface area contributed by atoms with E-state index in [0.717, 1.165) is 17.1 Å². The largest absolute Gasteiger partial charge is 0.398 e. The molecule has 0 amide bonds. The van der Waals surface area contributed by atoms with Crippen molar-refractivity contribution in [1.82, 2.24) is 4.98 Å². The summed E-state index contributed by atoms with van der Waals surface area (Å²) in [5.74, 6) is 0.862. The average Bonchev–Trinajstić information content (AvgIpc) is 2.29. The number of nitrogens with one attached hydrogen (secondary N) is 1. The number of pyridine rings is 1. The van der Waals surface area contributed by atoms with Crippen molar-refractivity contribution in [3.63, 3.8) is 0 Å². The average molecular weight is 199 g/mol. The lowest BCUT2D eigenvalue weighted by Gasteiger charge is -2.07. The van der Waals surface area contributed by atoms with Gasteiger partial charge < -0.3 is 11.1 Å². The predicted molar refractivity (Wildman–Crippen MR) is 62.4 cm³/mol. The van der Waals surface area contributed by atoms with Gasteiger partial charge in [-0.05, 0) is 23.8 Å². The zero-order valence-electron chi connectivity index (χ0n) is 8.35. The van der Waals surface area contributed by atoms with Crippen LogP contribution in [0.2, 0.25) is 0 Å². The molecule has 0 bridgehead atoms. The van der Waals surface area contributed by atoms with Crippen molar-refractivity contribution in [3.8, 4) is 0 Å². The van der Waals surface area contributed by atoms with E-state index in [-0.39, 0.29) is 0 Å². The molecule has 2 rings (SSSR count). The molecule has 1 aromatic carbocycles. The minimum absolute atomic E-state index is 0.698. The van der Waals surface area contributed by atoms with Crippen molar-refractivity contribution in [1.29, 1.82) is 0 Å². The van der Waals surface area contributed by atoms with Gasteiger partial charge in [0.05, 0.1) is 0 Å². The zero-order chi connectivity index (χ0) is 10.5. The molecule has 3 heteroatoms. The second kappa shape index (κ2) is 4.46. The highest BCUT2D eigenvalue weighted by atomic mass is 15.0. The number of anilines is 2. The van der Waals surface area contributed by atoms with Crippen LogP contribution in [0, 0.1) is 0 Å². The van der Waals surface area contributed by atoms with E-state index in [1.54, 1.807) is 6.20 Å². The van der Waals surface area contributed by atoms with Gasteiger partial charge in [0.2, 0.25) is 0 Å². The van der Waals surface area contributed by atoms with E-state index in [9.17, 15) is 0 Å². The summed E-state index contributed by atoms with van der Waals surface area (Å²) in [6.45, 7) is 0.698. The Bertz CT molecular complexity index is 426. The summed E-state index contributed by atoms with van der Waals surface area (Å²) in [5.41, 5.74) is 7.72. The van der Waals surface area contributed by atoms with E-state index in [4.69, 9.17) is 5.73 Å². The number of hydrogen-bond donors (Lipinski definition) is 2. The quantitative estimate of drug-likeness (QED) is 0.745. The summed E-state index contributed by atoms with van der Waals surface area (Å²) >= 11 is 0. The minimum atomic E-state index is 0.698. The van der Waals surface area contributed by atoms with Crippen LogP contribution in [0.5, 0.6) is 0 Å². The number of nitrogen functional groups attached to an aromatic ring is 1. The van der Waals surface area contributed by atoms with Gasteiger partial charge >= 0.3 is 0 Å². The number of benzene rings is 1. The fourth-order valence-electron chi connectivity index (χ4n) is 1.35. The van der Waals surface area contributed by atoms with Crippen molar-refractivity contribution < 1.29 is 0 Å².